The van der Waals surface area contributed by atoms with Gasteiger partial charge in [0.25, 0.3) is 0 Å². The number of rotatable bonds is 5. The number of aliphatic hydroxyl groups excluding tert-OH is 1. The lowest BCUT2D eigenvalue weighted by Gasteiger charge is -2.08. The molecule has 0 radical (unpaired) electrons. The number of furan rings is 1. The van der Waals surface area contributed by atoms with E-state index in [4.69, 9.17) is 32.7 Å². The lowest BCUT2D eigenvalue weighted by atomic mass is 10.2. The summed E-state index contributed by atoms with van der Waals surface area (Å²) in [5, 5.41) is 13.1. The fourth-order valence-corrected chi connectivity index (χ4v) is 1.91. The molecule has 1 heterocycles. The molecule has 0 spiro atoms. The lowest BCUT2D eigenvalue weighted by molar-refractivity contribution is 0.248. The summed E-state index contributed by atoms with van der Waals surface area (Å²) in [6.45, 7) is 2.58. The SMILES string of the molecule is C[C@H](CO)NCc1ccc(-c2ccc(Cl)c(Cl)c2)o1. The van der Waals surface area contributed by atoms with Crippen LogP contribution in [0.3, 0.4) is 0 Å². The Morgan fingerprint density at radius 1 is 1.21 bits per heavy atom. The summed E-state index contributed by atoms with van der Waals surface area (Å²) in [5.41, 5.74) is 0.885. The van der Waals surface area contributed by atoms with Crippen molar-refractivity contribution in [2.45, 2.75) is 19.5 Å². The van der Waals surface area contributed by atoms with E-state index >= 15 is 0 Å². The van der Waals surface area contributed by atoms with E-state index in [1.807, 2.05) is 25.1 Å². The predicted molar refractivity (Wildman–Crippen MR) is 77.6 cm³/mol. The maximum absolute atomic E-state index is 8.93. The molecular weight excluding hydrogens is 285 g/mol. The number of hydrogen-bond acceptors (Lipinski definition) is 3. The molecule has 0 aliphatic heterocycles. The summed E-state index contributed by atoms with van der Waals surface area (Å²) in [6.07, 6.45) is 0. The number of benzene rings is 1. The molecule has 0 bridgehead atoms. The highest BCUT2D eigenvalue weighted by Crippen LogP contribution is 2.29. The van der Waals surface area contributed by atoms with Crippen LogP contribution < -0.4 is 5.32 Å². The molecular formula is C14H15Cl2NO2. The van der Waals surface area contributed by atoms with E-state index in [1.54, 1.807) is 12.1 Å². The van der Waals surface area contributed by atoms with Gasteiger partial charge in [-0.2, -0.15) is 0 Å². The van der Waals surface area contributed by atoms with Crippen LogP contribution in [0.5, 0.6) is 0 Å². The number of hydrogen-bond donors (Lipinski definition) is 2. The quantitative estimate of drug-likeness (QED) is 0.884. The van der Waals surface area contributed by atoms with E-state index < -0.39 is 0 Å². The Labute approximate surface area is 122 Å². The molecule has 0 amide bonds. The zero-order valence-corrected chi connectivity index (χ0v) is 12.0. The number of nitrogens with one attached hydrogen (secondary N) is 1. The molecule has 5 heteroatoms. The maximum Gasteiger partial charge on any atom is 0.134 e. The maximum atomic E-state index is 8.93. The Bertz CT molecular complexity index is 554. The monoisotopic (exact) mass is 299 g/mol. The lowest BCUT2D eigenvalue weighted by Crippen LogP contribution is -2.28. The minimum Gasteiger partial charge on any atom is -0.460 e. The highest BCUT2D eigenvalue weighted by molar-refractivity contribution is 6.42. The van der Waals surface area contributed by atoms with Crippen LogP contribution in [0.1, 0.15) is 12.7 Å². The summed E-state index contributed by atoms with van der Waals surface area (Å²) in [7, 11) is 0. The second-order valence-corrected chi connectivity index (χ2v) is 5.17. The van der Waals surface area contributed by atoms with Crippen molar-refractivity contribution in [3.05, 3.63) is 46.1 Å². The molecule has 0 unspecified atom stereocenters. The molecule has 0 fully saturated rings. The van der Waals surface area contributed by atoms with E-state index in [0.29, 0.717) is 16.6 Å². The van der Waals surface area contributed by atoms with Crippen molar-refractivity contribution in [2.75, 3.05) is 6.61 Å². The largest absolute Gasteiger partial charge is 0.460 e. The summed E-state index contributed by atoms with van der Waals surface area (Å²) in [6, 6.07) is 9.21. The van der Waals surface area contributed by atoms with Crippen LogP contribution in [0.25, 0.3) is 11.3 Å². The third kappa shape index (κ3) is 3.74. The number of aliphatic hydroxyl groups is 1. The molecule has 1 aromatic carbocycles. The van der Waals surface area contributed by atoms with Crippen LogP contribution in [0, 0.1) is 0 Å². The van der Waals surface area contributed by atoms with Crippen LogP contribution in [0.2, 0.25) is 10.0 Å². The first-order valence-corrected chi connectivity index (χ1v) is 6.74. The standard InChI is InChI=1S/C14H15Cl2NO2/c1-9(8-18)17-7-11-3-5-14(19-11)10-2-4-12(15)13(16)6-10/h2-6,9,17-18H,7-8H2,1H3/t9-/m1/s1. The highest BCUT2D eigenvalue weighted by Gasteiger charge is 2.08. The first-order valence-electron chi connectivity index (χ1n) is 5.98. The predicted octanol–water partition coefficient (Wildman–Crippen LogP) is 3.72. The van der Waals surface area contributed by atoms with Gasteiger partial charge < -0.3 is 14.8 Å². The van der Waals surface area contributed by atoms with Gasteiger partial charge in [-0.05, 0) is 37.3 Å². The van der Waals surface area contributed by atoms with Gasteiger partial charge in [0.1, 0.15) is 11.5 Å². The summed E-state index contributed by atoms with van der Waals surface area (Å²) >= 11 is 11.9. The van der Waals surface area contributed by atoms with Crippen molar-refractivity contribution in [3.8, 4) is 11.3 Å². The van der Waals surface area contributed by atoms with Gasteiger partial charge in [0.05, 0.1) is 23.2 Å². The molecule has 2 aromatic rings. The van der Waals surface area contributed by atoms with E-state index in [9.17, 15) is 0 Å². The molecule has 0 aliphatic carbocycles. The minimum absolute atomic E-state index is 0.0403. The van der Waals surface area contributed by atoms with Crippen molar-refractivity contribution in [1.29, 1.82) is 0 Å². The van der Waals surface area contributed by atoms with Crippen LogP contribution in [0.4, 0.5) is 0 Å². The van der Waals surface area contributed by atoms with Gasteiger partial charge in [0.15, 0.2) is 0 Å². The van der Waals surface area contributed by atoms with Crippen molar-refractivity contribution in [2.24, 2.45) is 0 Å². The van der Waals surface area contributed by atoms with Gasteiger partial charge in [-0.1, -0.05) is 23.2 Å². The van der Waals surface area contributed by atoms with E-state index in [1.165, 1.54) is 0 Å². The third-order valence-electron chi connectivity index (χ3n) is 2.76. The van der Waals surface area contributed by atoms with E-state index in [0.717, 1.165) is 17.1 Å². The van der Waals surface area contributed by atoms with Crippen LogP contribution in [-0.4, -0.2) is 17.8 Å². The molecule has 2 N–H and O–H groups in total. The van der Waals surface area contributed by atoms with Crippen molar-refractivity contribution in [1.82, 2.24) is 5.32 Å². The second-order valence-electron chi connectivity index (χ2n) is 4.36. The topological polar surface area (TPSA) is 45.4 Å². The average Bonchev–Trinajstić information content (AvgIpc) is 2.88. The molecule has 0 saturated carbocycles. The fraction of sp³-hybridized carbons (Fsp3) is 0.286. The number of halogens is 2. The Morgan fingerprint density at radius 2 is 2.00 bits per heavy atom. The Kier molecular flexibility index (Phi) is 4.88. The molecule has 3 nitrogen and oxygen atoms in total. The van der Waals surface area contributed by atoms with Gasteiger partial charge in [-0.25, -0.2) is 0 Å². The molecule has 0 saturated heterocycles. The van der Waals surface area contributed by atoms with E-state index in [-0.39, 0.29) is 12.6 Å². The summed E-state index contributed by atoms with van der Waals surface area (Å²) in [5.74, 6) is 1.55. The van der Waals surface area contributed by atoms with Crippen LogP contribution in [-0.2, 0) is 6.54 Å². The molecule has 102 valence electrons. The first-order chi connectivity index (χ1) is 9.10. The Morgan fingerprint density at radius 3 is 2.68 bits per heavy atom. The van der Waals surface area contributed by atoms with Gasteiger partial charge in [0, 0.05) is 11.6 Å². The van der Waals surface area contributed by atoms with Crippen LogP contribution >= 0.6 is 23.2 Å². The molecule has 19 heavy (non-hydrogen) atoms. The smallest absolute Gasteiger partial charge is 0.134 e. The van der Waals surface area contributed by atoms with E-state index in [2.05, 4.69) is 5.32 Å². The highest BCUT2D eigenvalue weighted by atomic mass is 35.5. The first kappa shape index (κ1) is 14.4. The third-order valence-corrected chi connectivity index (χ3v) is 3.50. The molecule has 1 atom stereocenters. The van der Waals surface area contributed by atoms with Crippen molar-refractivity contribution >= 4 is 23.2 Å². The summed E-state index contributed by atoms with van der Waals surface area (Å²) in [4.78, 5) is 0. The van der Waals surface area contributed by atoms with Gasteiger partial charge >= 0.3 is 0 Å². The van der Waals surface area contributed by atoms with Gasteiger partial charge in [-0.3, -0.25) is 0 Å². The molecule has 0 aliphatic rings. The zero-order chi connectivity index (χ0) is 13.8. The minimum atomic E-state index is 0.0403. The molecule has 2 rings (SSSR count). The van der Waals surface area contributed by atoms with Crippen LogP contribution in [0.15, 0.2) is 34.7 Å². The Balaban J connectivity index is 2.09. The fourth-order valence-electron chi connectivity index (χ4n) is 1.62. The molecule has 1 aromatic heterocycles. The normalized spacial score (nSPS) is 12.6. The van der Waals surface area contributed by atoms with Crippen molar-refractivity contribution in [3.63, 3.8) is 0 Å². The Hall–Kier alpha value is -1.00. The van der Waals surface area contributed by atoms with Crippen molar-refractivity contribution < 1.29 is 9.52 Å². The average molecular weight is 300 g/mol. The summed E-state index contributed by atoms with van der Waals surface area (Å²) < 4.78 is 5.71. The second kappa shape index (κ2) is 6.44. The zero-order valence-electron chi connectivity index (χ0n) is 10.5. The van der Waals surface area contributed by atoms with Gasteiger partial charge in [0.2, 0.25) is 0 Å². The van der Waals surface area contributed by atoms with Gasteiger partial charge in [-0.15, -0.1) is 0 Å².